The lowest BCUT2D eigenvalue weighted by Gasteiger charge is -2.22. The second-order valence-electron chi connectivity index (χ2n) is 3.93. The van der Waals surface area contributed by atoms with E-state index in [1.807, 2.05) is 11.5 Å². The largest absolute Gasteiger partial charge is 0.363 e. The minimum absolute atomic E-state index is 0.401. The molecule has 15 heavy (non-hydrogen) atoms. The Hall–Kier alpha value is -1.36. The summed E-state index contributed by atoms with van der Waals surface area (Å²) in [5.41, 5.74) is 7.47. The number of nitrogens with two attached hydrogens (primary N) is 1. The van der Waals surface area contributed by atoms with Gasteiger partial charge in [0.05, 0.1) is 5.69 Å². The number of rotatable bonds is 2. The minimum Gasteiger partial charge on any atom is -0.363 e. The van der Waals surface area contributed by atoms with Gasteiger partial charge >= 0.3 is 0 Å². The molecule has 0 radical (unpaired) electrons. The van der Waals surface area contributed by atoms with Gasteiger partial charge in [0.1, 0.15) is 0 Å². The number of likely N-dealkylation sites (N-methyl/N-ethyl adjacent to an activating group) is 1. The maximum atomic E-state index is 11.2. The van der Waals surface area contributed by atoms with E-state index in [-0.39, 0.29) is 0 Å². The van der Waals surface area contributed by atoms with E-state index < -0.39 is 5.91 Å². The SMILES string of the molecule is CCn1c(C(N)=O)nc2c1CCN(C)C2. The van der Waals surface area contributed by atoms with Gasteiger partial charge in [0.25, 0.3) is 5.91 Å². The lowest BCUT2D eigenvalue weighted by atomic mass is 10.1. The number of hydrogen-bond acceptors (Lipinski definition) is 3. The number of aromatic nitrogens is 2. The van der Waals surface area contributed by atoms with Crippen LogP contribution in [0.1, 0.15) is 28.9 Å². The summed E-state index contributed by atoms with van der Waals surface area (Å²) in [6, 6.07) is 0. The highest BCUT2D eigenvalue weighted by Gasteiger charge is 2.23. The Kier molecular flexibility index (Phi) is 2.48. The monoisotopic (exact) mass is 208 g/mol. The summed E-state index contributed by atoms with van der Waals surface area (Å²) in [5, 5.41) is 0. The van der Waals surface area contributed by atoms with Crippen molar-refractivity contribution in [1.82, 2.24) is 14.5 Å². The van der Waals surface area contributed by atoms with Crippen LogP contribution in [0.2, 0.25) is 0 Å². The first-order valence-corrected chi connectivity index (χ1v) is 5.20. The Labute approximate surface area is 88.9 Å². The van der Waals surface area contributed by atoms with Crippen LogP contribution in [-0.4, -0.2) is 34.0 Å². The average Bonchev–Trinajstić information content (AvgIpc) is 2.55. The molecule has 0 bridgehead atoms. The second kappa shape index (κ2) is 3.66. The lowest BCUT2D eigenvalue weighted by molar-refractivity contribution is 0.0986. The van der Waals surface area contributed by atoms with Crippen molar-refractivity contribution in [2.24, 2.45) is 5.73 Å². The van der Waals surface area contributed by atoms with Crippen molar-refractivity contribution in [2.45, 2.75) is 26.4 Å². The Morgan fingerprint density at radius 3 is 2.93 bits per heavy atom. The number of imidazole rings is 1. The van der Waals surface area contributed by atoms with Crippen LogP contribution in [-0.2, 0) is 19.5 Å². The van der Waals surface area contributed by atoms with Gasteiger partial charge in [-0.2, -0.15) is 0 Å². The highest BCUT2D eigenvalue weighted by atomic mass is 16.1. The average molecular weight is 208 g/mol. The van der Waals surface area contributed by atoms with Crippen molar-refractivity contribution < 1.29 is 4.79 Å². The van der Waals surface area contributed by atoms with Gasteiger partial charge in [-0.05, 0) is 14.0 Å². The summed E-state index contributed by atoms with van der Waals surface area (Å²) in [4.78, 5) is 17.7. The summed E-state index contributed by atoms with van der Waals surface area (Å²) < 4.78 is 1.94. The Morgan fingerprint density at radius 1 is 1.60 bits per heavy atom. The third-order valence-corrected chi connectivity index (χ3v) is 2.84. The normalized spacial score (nSPS) is 16.4. The number of primary amides is 1. The van der Waals surface area contributed by atoms with Crippen LogP contribution in [0, 0.1) is 0 Å². The van der Waals surface area contributed by atoms with E-state index in [1.54, 1.807) is 0 Å². The fourth-order valence-electron chi connectivity index (χ4n) is 2.10. The lowest BCUT2D eigenvalue weighted by Crippen LogP contribution is -2.27. The number of carbonyl (C=O) groups excluding carboxylic acids is 1. The third kappa shape index (κ3) is 1.63. The fraction of sp³-hybridized carbons (Fsp3) is 0.600. The molecular weight excluding hydrogens is 192 g/mol. The third-order valence-electron chi connectivity index (χ3n) is 2.84. The van der Waals surface area contributed by atoms with Crippen LogP contribution in [0.15, 0.2) is 0 Å². The minimum atomic E-state index is -0.436. The Bertz CT molecular complexity index is 396. The molecule has 2 rings (SSSR count). The van der Waals surface area contributed by atoms with Crippen LogP contribution in [0.3, 0.4) is 0 Å². The topological polar surface area (TPSA) is 64.1 Å². The summed E-state index contributed by atoms with van der Waals surface area (Å²) in [6.45, 7) is 4.58. The quantitative estimate of drug-likeness (QED) is 0.743. The number of hydrogen-bond donors (Lipinski definition) is 1. The van der Waals surface area contributed by atoms with E-state index in [9.17, 15) is 4.79 Å². The smallest absolute Gasteiger partial charge is 0.284 e. The van der Waals surface area contributed by atoms with Gasteiger partial charge in [-0.1, -0.05) is 0 Å². The zero-order valence-electron chi connectivity index (χ0n) is 9.16. The molecule has 2 N–H and O–H groups in total. The highest BCUT2D eigenvalue weighted by molar-refractivity contribution is 5.89. The number of fused-ring (bicyclic) bond motifs is 1. The molecule has 1 aromatic heterocycles. The predicted molar refractivity (Wildman–Crippen MR) is 56.5 cm³/mol. The molecule has 0 atom stereocenters. The molecule has 0 saturated carbocycles. The fourth-order valence-corrected chi connectivity index (χ4v) is 2.10. The molecule has 1 aliphatic heterocycles. The van der Waals surface area contributed by atoms with Crippen molar-refractivity contribution in [3.63, 3.8) is 0 Å². The highest BCUT2D eigenvalue weighted by Crippen LogP contribution is 2.19. The predicted octanol–water partition coefficient (Wildman–Crippen LogP) is -0.0102. The van der Waals surface area contributed by atoms with Crippen molar-refractivity contribution in [1.29, 1.82) is 0 Å². The van der Waals surface area contributed by atoms with E-state index in [2.05, 4.69) is 16.9 Å². The molecule has 0 unspecified atom stereocenters. The number of amides is 1. The molecule has 5 nitrogen and oxygen atoms in total. The van der Waals surface area contributed by atoms with Gasteiger partial charge in [-0.25, -0.2) is 4.98 Å². The van der Waals surface area contributed by atoms with Crippen LogP contribution >= 0.6 is 0 Å². The first-order chi connectivity index (χ1) is 7.13. The number of carbonyl (C=O) groups is 1. The molecule has 1 aromatic rings. The maximum Gasteiger partial charge on any atom is 0.284 e. The zero-order chi connectivity index (χ0) is 11.0. The molecule has 82 valence electrons. The zero-order valence-corrected chi connectivity index (χ0v) is 9.16. The first-order valence-electron chi connectivity index (χ1n) is 5.20. The molecule has 5 heteroatoms. The molecule has 0 fully saturated rings. The summed E-state index contributed by atoms with van der Waals surface area (Å²) in [7, 11) is 2.05. The molecular formula is C10H16N4O. The molecule has 0 aromatic carbocycles. The molecule has 1 amide bonds. The standard InChI is InChI=1S/C10H16N4O/c1-3-14-8-4-5-13(2)6-7(8)12-10(14)9(11)15/h3-6H2,1-2H3,(H2,11,15). The molecule has 1 aliphatic rings. The van der Waals surface area contributed by atoms with Gasteiger partial charge in [0, 0.05) is 31.7 Å². The summed E-state index contributed by atoms with van der Waals surface area (Å²) in [6.07, 6.45) is 0.944. The first kappa shape index (κ1) is 10.2. The maximum absolute atomic E-state index is 11.2. The van der Waals surface area contributed by atoms with Crippen molar-refractivity contribution in [3.8, 4) is 0 Å². The summed E-state index contributed by atoms with van der Waals surface area (Å²) >= 11 is 0. The number of nitrogens with zero attached hydrogens (tertiary/aromatic N) is 3. The van der Waals surface area contributed by atoms with Gasteiger partial charge in [-0.3, -0.25) is 4.79 Å². The van der Waals surface area contributed by atoms with E-state index in [4.69, 9.17) is 5.73 Å². The van der Waals surface area contributed by atoms with E-state index in [0.717, 1.165) is 31.7 Å². The Morgan fingerprint density at radius 2 is 2.33 bits per heavy atom. The summed E-state index contributed by atoms with van der Waals surface area (Å²) in [5.74, 6) is -0.0355. The van der Waals surface area contributed by atoms with Crippen molar-refractivity contribution in [2.75, 3.05) is 13.6 Å². The molecule has 0 aliphatic carbocycles. The van der Waals surface area contributed by atoms with Crippen LogP contribution < -0.4 is 5.73 Å². The Balaban J connectivity index is 2.48. The van der Waals surface area contributed by atoms with Gasteiger partial charge < -0.3 is 15.2 Å². The van der Waals surface area contributed by atoms with E-state index >= 15 is 0 Å². The van der Waals surface area contributed by atoms with Crippen LogP contribution in [0.5, 0.6) is 0 Å². The van der Waals surface area contributed by atoms with Crippen molar-refractivity contribution >= 4 is 5.91 Å². The molecule has 0 saturated heterocycles. The van der Waals surface area contributed by atoms with E-state index in [1.165, 1.54) is 5.69 Å². The van der Waals surface area contributed by atoms with E-state index in [0.29, 0.717) is 5.82 Å². The van der Waals surface area contributed by atoms with Gasteiger partial charge in [0.2, 0.25) is 0 Å². The van der Waals surface area contributed by atoms with Crippen LogP contribution in [0.4, 0.5) is 0 Å². The van der Waals surface area contributed by atoms with Gasteiger partial charge in [0.15, 0.2) is 5.82 Å². The second-order valence-corrected chi connectivity index (χ2v) is 3.93. The van der Waals surface area contributed by atoms with Crippen molar-refractivity contribution in [3.05, 3.63) is 17.2 Å². The van der Waals surface area contributed by atoms with Crippen LogP contribution in [0.25, 0.3) is 0 Å². The molecule has 0 spiro atoms. The van der Waals surface area contributed by atoms with Gasteiger partial charge in [-0.15, -0.1) is 0 Å². The molecule has 2 heterocycles.